The van der Waals surface area contributed by atoms with Gasteiger partial charge in [0.1, 0.15) is 0 Å². The SMILES string of the molecule is CC1CC2CCC1[NH+]2C.[Br-]. The fraction of sp³-hybridized carbons (Fsp3) is 1.00. The third-order valence-corrected chi connectivity index (χ3v) is 3.40. The molecule has 0 spiro atoms. The molecule has 2 aliphatic rings. The highest BCUT2D eigenvalue weighted by Gasteiger charge is 2.45. The van der Waals surface area contributed by atoms with Crippen LogP contribution in [0.25, 0.3) is 0 Å². The summed E-state index contributed by atoms with van der Waals surface area (Å²) < 4.78 is 0. The van der Waals surface area contributed by atoms with Crippen LogP contribution in [0.3, 0.4) is 0 Å². The molecule has 2 heteroatoms. The first-order chi connectivity index (χ1) is 4.29. The van der Waals surface area contributed by atoms with Crippen LogP contribution in [0.2, 0.25) is 0 Å². The molecule has 2 rings (SSSR count). The number of rotatable bonds is 0. The van der Waals surface area contributed by atoms with Gasteiger partial charge in [0.05, 0.1) is 19.1 Å². The first-order valence-corrected chi connectivity index (χ1v) is 4.12. The van der Waals surface area contributed by atoms with Crippen LogP contribution < -0.4 is 21.9 Å². The van der Waals surface area contributed by atoms with E-state index in [1.807, 2.05) is 4.90 Å². The van der Waals surface area contributed by atoms with Crippen LogP contribution in [-0.4, -0.2) is 19.1 Å². The number of quaternary nitrogens is 1. The minimum absolute atomic E-state index is 0. The lowest BCUT2D eigenvalue weighted by atomic mass is 9.91. The highest BCUT2D eigenvalue weighted by atomic mass is 79.9. The third-order valence-electron chi connectivity index (χ3n) is 3.40. The summed E-state index contributed by atoms with van der Waals surface area (Å²) >= 11 is 0. The fourth-order valence-corrected chi connectivity index (χ4v) is 2.79. The minimum atomic E-state index is 0. The van der Waals surface area contributed by atoms with Gasteiger partial charge in [0.25, 0.3) is 0 Å². The van der Waals surface area contributed by atoms with Gasteiger partial charge in [-0.3, -0.25) is 0 Å². The van der Waals surface area contributed by atoms with Crippen LogP contribution in [0.15, 0.2) is 0 Å². The predicted molar refractivity (Wildman–Crippen MR) is 37.5 cm³/mol. The Morgan fingerprint density at radius 1 is 1.30 bits per heavy atom. The lowest BCUT2D eigenvalue weighted by molar-refractivity contribution is -0.904. The van der Waals surface area contributed by atoms with Crippen LogP contribution in [0.5, 0.6) is 0 Å². The van der Waals surface area contributed by atoms with Crippen molar-refractivity contribution >= 4 is 0 Å². The van der Waals surface area contributed by atoms with Crippen LogP contribution >= 0.6 is 0 Å². The van der Waals surface area contributed by atoms with Gasteiger partial charge in [-0.05, 0) is 0 Å². The molecule has 0 radical (unpaired) electrons. The highest BCUT2D eigenvalue weighted by molar-refractivity contribution is 4.83. The lowest BCUT2D eigenvalue weighted by Gasteiger charge is -2.12. The fourth-order valence-electron chi connectivity index (χ4n) is 2.79. The molecule has 2 aliphatic heterocycles. The zero-order valence-electron chi connectivity index (χ0n) is 6.73. The Balaban J connectivity index is 0.000000500. The Bertz CT molecular complexity index is 126. The number of hydrogen-bond donors (Lipinski definition) is 1. The molecule has 0 saturated carbocycles. The van der Waals surface area contributed by atoms with Crippen LogP contribution in [0.1, 0.15) is 26.2 Å². The second kappa shape index (κ2) is 2.82. The van der Waals surface area contributed by atoms with Crippen molar-refractivity contribution in [3.63, 3.8) is 0 Å². The number of fused-ring (bicyclic) bond motifs is 2. The summed E-state index contributed by atoms with van der Waals surface area (Å²) in [5, 5.41) is 0. The Morgan fingerprint density at radius 2 is 2.00 bits per heavy atom. The van der Waals surface area contributed by atoms with E-state index in [4.69, 9.17) is 0 Å². The Kier molecular flexibility index (Phi) is 2.41. The van der Waals surface area contributed by atoms with E-state index in [0.29, 0.717) is 0 Å². The summed E-state index contributed by atoms with van der Waals surface area (Å²) in [5.74, 6) is 1.02. The lowest BCUT2D eigenvalue weighted by Crippen LogP contribution is -3.12. The monoisotopic (exact) mass is 205 g/mol. The average molecular weight is 206 g/mol. The molecule has 0 aromatic carbocycles. The van der Waals surface area contributed by atoms with Crippen molar-refractivity contribution in [3.05, 3.63) is 0 Å². The van der Waals surface area contributed by atoms with Crippen molar-refractivity contribution < 1.29 is 21.9 Å². The Morgan fingerprint density at radius 3 is 2.20 bits per heavy atom. The Hall–Kier alpha value is 0.440. The van der Waals surface area contributed by atoms with E-state index >= 15 is 0 Å². The van der Waals surface area contributed by atoms with Crippen molar-refractivity contribution in [3.8, 4) is 0 Å². The highest BCUT2D eigenvalue weighted by Crippen LogP contribution is 2.27. The van der Waals surface area contributed by atoms with Crippen molar-refractivity contribution in [1.82, 2.24) is 0 Å². The van der Waals surface area contributed by atoms with Crippen LogP contribution in [0, 0.1) is 5.92 Å². The normalized spacial score (nSPS) is 51.0. The standard InChI is InChI=1S/C8H15N.BrH/c1-6-5-7-3-4-8(6)9(7)2;/h6-8H,3-5H2,1-2H3;1H. The quantitative estimate of drug-likeness (QED) is 0.433. The van der Waals surface area contributed by atoms with Gasteiger partial charge in [-0.1, -0.05) is 6.92 Å². The molecule has 2 bridgehead atoms. The van der Waals surface area contributed by atoms with Gasteiger partial charge in [-0.25, -0.2) is 0 Å². The van der Waals surface area contributed by atoms with Crippen molar-refractivity contribution in [2.24, 2.45) is 5.92 Å². The number of hydrogen-bond acceptors (Lipinski definition) is 0. The maximum atomic E-state index is 2.41. The van der Waals surface area contributed by atoms with Gasteiger partial charge in [0.2, 0.25) is 0 Å². The summed E-state index contributed by atoms with van der Waals surface area (Å²) in [6.07, 6.45) is 4.50. The van der Waals surface area contributed by atoms with Crippen LogP contribution in [-0.2, 0) is 0 Å². The molecular formula is C8H16BrN. The first-order valence-electron chi connectivity index (χ1n) is 4.12. The van der Waals surface area contributed by atoms with E-state index in [9.17, 15) is 0 Å². The van der Waals surface area contributed by atoms with Gasteiger partial charge in [-0.15, -0.1) is 0 Å². The molecule has 0 aromatic rings. The molecule has 2 heterocycles. The van der Waals surface area contributed by atoms with Gasteiger partial charge in [0.15, 0.2) is 0 Å². The second-order valence-corrected chi connectivity index (χ2v) is 3.84. The van der Waals surface area contributed by atoms with Gasteiger partial charge in [0, 0.05) is 25.2 Å². The first kappa shape index (κ1) is 8.54. The molecule has 1 N–H and O–H groups in total. The van der Waals surface area contributed by atoms with Crippen molar-refractivity contribution in [2.75, 3.05) is 7.05 Å². The zero-order valence-corrected chi connectivity index (χ0v) is 8.32. The molecule has 60 valence electrons. The third kappa shape index (κ3) is 1.02. The average Bonchev–Trinajstić information content (AvgIpc) is 2.25. The van der Waals surface area contributed by atoms with E-state index in [1.165, 1.54) is 19.3 Å². The summed E-state index contributed by atoms with van der Waals surface area (Å²) in [6.45, 7) is 2.41. The van der Waals surface area contributed by atoms with E-state index in [1.54, 1.807) is 0 Å². The molecule has 1 nitrogen and oxygen atoms in total. The minimum Gasteiger partial charge on any atom is -1.00 e. The smallest absolute Gasteiger partial charge is 0.0905 e. The Labute approximate surface area is 73.6 Å². The van der Waals surface area contributed by atoms with Crippen LogP contribution in [0.4, 0.5) is 0 Å². The predicted octanol–water partition coefficient (Wildman–Crippen LogP) is -2.92. The molecule has 10 heavy (non-hydrogen) atoms. The summed E-state index contributed by atoms with van der Waals surface area (Å²) in [7, 11) is 2.37. The second-order valence-electron chi connectivity index (χ2n) is 3.84. The van der Waals surface area contributed by atoms with E-state index < -0.39 is 0 Å². The molecular weight excluding hydrogens is 190 g/mol. The number of halogens is 1. The van der Waals surface area contributed by atoms with E-state index in [2.05, 4.69) is 14.0 Å². The topological polar surface area (TPSA) is 4.44 Å². The summed E-state index contributed by atoms with van der Waals surface area (Å²) in [6, 6.07) is 2.06. The molecule has 4 atom stereocenters. The van der Waals surface area contributed by atoms with Gasteiger partial charge >= 0.3 is 0 Å². The molecule has 2 fully saturated rings. The summed E-state index contributed by atoms with van der Waals surface area (Å²) in [4.78, 5) is 1.82. The maximum absolute atomic E-state index is 2.41. The van der Waals surface area contributed by atoms with Crippen molar-refractivity contribution in [2.45, 2.75) is 38.3 Å². The van der Waals surface area contributed by atoms with E-state index in [-0.39, 0.29) is 17.0 Å². The molecule has 0 amide bonds. The number of nitrogens with one attached hydrogen (secondary N) is 1. The zero-order chi connectivity index (χ0) is 6.43. The van der Waals surface area contributed by atoms with E-state index in [0.717, 1.165) is 18.0 Å². The van der Waals surface area contributed by atoms with Gasteiger partial charge < -0.3 is 21.9 Å². The maximum Gasteiger partial charge on any atom is 0.0905 e. The molecule has 4 unspecified atom stereocenters. The summed E-state index contributed by atoms with van der Waals surface area (Å²) in [5.41, 5.74) is 0. The largest absolute Gasteiger partial charge is 1.00 e. The van der Waals surface area contributed by atoms with Gasteiger partial charge in [-0.2, -0.15) is 0 Å². The molecule has 0 aromatic heterocycles. The molecule has 0 aliphatic carbocycles. The van der Waals surface area contributed by atoms with Crippen molar-refractivity contribution in [1.29, 1.82) is 0 Å². The molecule has 2 saturated heterocycles.